The maximum Gasteiger partial charge on any atom is 0.318 e. The van der Waals surface area contributed by atoms with Gasteiger partial charge in [-0.15, -0.1) is 0 Å². The van der Waals surface area contributed by atoms with Crippen molar-refractivity contribution in [2.45, 2.75) is 25.6 Å². The van der Waals surface area contributed by atoms with Crippen molar-refractivity contribution >= 4 is 6.03 Å². The van der Waals surface area contributed by atoms with Crippen LogP contribution in [0.1, 0.15) is 24.3 Å². The number of amides is 2. The third-order valence-electron chi connectivity index (χ3n) is 3.81. The van der Waals surface area contributed by atoms with Crippen LogP contribution in [0.5, 0.6) is 0 Å². The molecule has 1 fully saturated rings. The fourth-order valence-electron chi connectivity index (χ4n) is 2.66. The van der Waals surface area contributed by atoms with Crippen molar-refractivity contribution in [1.82, 2.24) is 10.2 Å². The molecule has 1 saturated heterocycles. The Labute approximate surface area is 129 Å². The second-order valence-electron chi connectivity index (χ2n) is 5.46. The fraction of sp³-hybridized carbons (Fsp3) is 0.353. The summed E-state index contributed by atoms with van der Waals surface area (Å²) in [5.74, 6) is 0.742. The quantitative estimate of drug-likeness (QED) is 0.948. The Morgan fingerprint density at radius 1 is 1.27 bits per heavy atom. The minimum atomic E-state index is -0.0968. The molecule has 2 heterocycles. The van der Waals surface area contributed by atoms with Gasteiger partial charge in [0.05, 0.1) is 31.6 Å². The van der Waals surface area contributed by atoms with Crippen molar-refractivity contribution < 1.29 is 13.9 Å². The van der Waals surface area contributed by atoms with Crippen LogP contribution in [0.3, 0.4) is 0 Å². The SMILES string of the molecule is C[C@@H]1CN(C(=O)NCc2ccco2)[C@@H](c2ccccc2)CO1. The molecule has 5 nitrogen and oxygen atoms in total. The molecule has 0 saturated carbocycles. The van der Waals surface area contributed by atoms with Crippen LogP contribution in [0.25, 0.3) is 0 Å². The number of urea groups is 1. The van der Waals surface area contributed by atoms with Crippen LogP contribution in [0.15, 0.2) is 53.1 Å². The summed E-state index contributed by atoms with van der Waals surface area (Å²) in [6.45, 7) is 3.45. The molecule has 1 aromatic carbocycles. The summed E-state index contributed by atoms with van der Waals surface area (Å²) in [5.41, 5.74) is 1.09. The number of ether oxygens (including phenoxy) is 1. The highest BCUT2D eigenvalue weighted by atomic mass is 16.5. The van der Waals surface area contributed by atoms with Crippen molar-refractivity contribution in [2.24, 2.45) is 0 Å². The first-order valence-electron chi connectivity index (χ1n) is 7.47. The maximum absolute atomic E-state index is 12.5. The minimum Gasteiger partial charge on any atom is -0.467 e. The summed E-state index contributed by atoms with van der Waals surface area (Å²) in [6, 6.07) is 13.5. The average molecular weight is 300 g/mol. The number of nitrogens with zero attached hydrogens (tertiary/aromatic N) is 1. The lowest BCUT2D eigenvalue weighted by Gasteiger charge is -2.38. The number of nitrogens with one attached hydrogen (secondary N) is 1. The van der Waals surface area contributed by atoms with Crippen molar-refractivity contribution in [3.63, 3.8) is 0 Å². The topological polar surface area (TPSA) is 54.7 Å². The Morgan fingerprint density at radius 2 is 2.09 bits per heavy atom. The Hall–Kier alpha value is -2.27. The van der Waals surface area contributed by atoms with Crippen LogP contribution >= 0.6 is 0 Å². The highest BCUT2D eigenvalue weighted by Crippen LogP contribution is 2.26. The molecule has 1 aromatic heterocycles. The molecular formula is C17H20N2O3. The van der Waals surface area contributed by atoms with Crippen LogP contribution in [-0.2, 0) is 11.3 Å². The molecule has 1 aliphatic rings. The number of hydrogen-bond acceptors (Lipinski definition) is 3. The summed E-state index contributed by atoms with van der Waals surface area (Å²) in [5, 5.41) is 2.91. The van der Waals surface area contributed by atoms with E-state index in [2.05, 4.69) is 5.32 Å². The molecular weight excluding hydrogens is 280 g/mol. The van der Waals surface area contributed by atoms with E-state index in [0.717, 1.165) is 11.3 Å². The first-order valence-corrected chi connectivity index (χ1v) is 7.47. The van der Waals surface area contributed by atoms with Gasteiger partial charge in [-0.25, -0.2) is 4.79 Å². The van der Waals surface area contributed by atoms with E-state index in [-0.39, 0.29) is 18.2 Å². The first kappa shape index (κ1) is 14.7. The highest BCUT2D eigenvalue weighted by molar-refractivity contribution is 5.75. The summed E-state index contributed by atoms with van der Waals surface area (Å²) in [6.07, 6.45) is 1.64. The van der Waals surface area contributed by atoms with E-state index in [1.54, 1.807) is 6.26 Å². The zero-order valence-corrected chi connectivity index (χ0v) is 12.6. The Balaban J connectivity index is 1.70. The summed E-state index contributed by atoms with van der Waals surface area (Å²) >= 11 is 0. The van der Waals surface area contributed by atoms with Crippen molar-refractivity contribution in [1.29, 1.82) is 0 Å². The van der Waals surface area contributed by atoms with Crippen LogP contribution in [0, 0.1) is 0 Å². The predicted molar refractivity (Wildman–Crippen MR) is 82.2 cm³/mol. The van der Waals surface area contributed by atoms with Crippen molar-refractivity contribution in [3.8, 4) is 0 Å². The molecule has 1 aliphatic heterocycles. The molecule has 0 aliphatic carbocycles. The van der Waals surface area contributed by atoms with Gasteiger partial charge < -0.3 is 19.4 Å². The normalized spacial score (nSPS) is 21.6. The number of carbonyl (C=O) groups is 1. The molecule has 0 bridgehead atoms. The molecule has 22 heavy (non-hydrogen) atoms. The molecule has 2 aromatic rings. The summed E-state index contributed by atoms with van der Waals surface area (Å²) < 4.78 is 11.0. The fourth-order valence-corrected chi connectivity index (χ4v) is 2.66. The molecule has 2 atom stereocenters. The lowest BCUT2D eigenvalue weighted by atomic mass is 10.0. The Morgan fingerprint density at radius 3 is 2.82 bits per heavy atom. The predicted octanol–water partition coefficient (Wildman–Crippen LogP) is 2.95. The Kier molecular flexibility index (Phi) is 4.44. The molecule has 3 rings (SSSR count). The summed E-state index contributed by atoms with van der Waals surface area (Å²) in [4.78, 5) is 14.4. The number of furan rings is 1. The highest BCUT2D eigenvalue weighted by Gasteiger charge is 2.31. The largest absolute Gasteiger partial charge is 0.467 e. The van der Waals surface area contributed by atoms with Gasteiger partial charge in [-0.2, -0.15) is 0 Å². The molecule has 1 N–H and O–H groups in total. The zero-order valence-electron chi connectivity index (χ0n) is 12.6. The smallest absolute Gasteiger partial charge is 0.318 e. The van der Waals surface area contributed by atoms with Gasteiger partial charge in [0.25, 0.3) is 0 Å². The second-order valence-corrected chi connectivity index (χ2v) is 5.46. The zero-order chi connectivity index (χ0) is 15.4. The number of hydrogen-bond donors (Lipinski definition) is 1. The van der Waals surface area contributed by atoms with Gasteiger partial charge in [-0.1, -0.05) is 30.3 Å². The molecule has 0 unspecified atom stereocenters. The Bertz CT molecular complexity index is 598. The standard InChI is InChI=1S/C17H20N2O3/c1-13-11-19(17(20)18-10-15-8-5-9-21-15)16(12-22-13)14-6-3-2-4-7-14/h2-9,13,16H,10-12H2,1H3,(H,18,20)/t13-,16-/m1/s1. The third-order valence-corrected chi connectivity index (χ3v) is 3.81. The molecule has 0 spiro atoms. The van der Waals surface area contributed by atoms with E-state index in [0.29, 0.717) is 19.7 Å². The number of benzene rings is 1. The van der Waals surface area contributed by atoms with E-state index >= 15 is 0 Å². The van der Waals surface area contributed by atoms with Crippen molar-refractivity contribution in [3.05, 3.63) is 60.1 Å². The number of morpholine rings is 1. The van der Waals surface area contributed by atoms with Crippen LogP contribution < -0.4 is 5.32 Å². The van der Waals surface area contributed by atoms with Crippen molar-refractivity contribution in [2.75, 3.05) is 13.2 Å². The van der Waals surface area contributed by atoms with E-state index in [9.17, 15) is 4.79 Å². The molecule has 0 radical (unpaired) electrons. The van der Waals surface area contributed by atoms with Gasteiger partial charge in [0.1, 0.15) is 5.76 Å². The van der Waals surface area contributed by atoms with Crippen LogP contribution in [0.4, 0.5) is 4.79 Å². The number of carbonyl (C=O) groups excluding carboxylic acids is 1. The number of rotatable bonds is 3. The minimum absolute atomic E-state index is 0.0364. The monoisotopic (exact) mass is 300 g/mol. The van der Waals surface area contributed by atoms with Gasteiger partial charge in [-0.05, 0) is 24.6 Å². The second kappa shape index (κ2) is 6.66. The first-order chi connectivity index (χ1) is 10.7. The van der Waals surface area contributed by atoms with Gasteiger partial charge in [-0.3, -0.25) is 0 Å². The van der Waals surface area contributed by atoms with Gasteiger partial charge >= 0.3 is 6.03 Å². The van der Waals surface area contributed by atoms with Gasteiger partial charge in [0, 0.05) is 6.54 Å². The maximum atomic E-state index is 12.5. The van der Waals surface area contributed by atoms with Crippen LogP contribution in [0.2, 0.25) is 0 Å². The lowest BCUT2D eigenvalue weighted by molar-refractivity contribution is -0.0382. The molecule has 116 valence electrons. The van der Waals surface area contributed by atoms with E-state index in [1.165, 1.54) is 0 Å². The third kappa shape index (κ3) is 3.31. The van der Waals surface area contributed by atoms with Gasteiger partial charge in [0.15, 0.2) is 0 Å². The van der Waals surface area contributed by atoms with E-state index in [4.69, 9.17) is 9.15 Å². The van der Waals surface area contributed by atoms with E-state index in [1.807, 2.05) is 54.3 Å². The van der Waals surface area contributed by atoms with E-state index < -0.39 is 0 Å². The van der Waals surface area contributed by atoms with Crippen LogP contribution in [-0.4, -0.2) is 30.2 Å². The summed E-state index contributed by atoms with van der Waals surface area (Å²) in [7, 11) is 0. The van der Waals surface area contributed by atoms with Gasteiger partial charge in [0.2, 0.25) is 0 Å². The average Bonchev–Trinajstić information content (AvgIpc) is 3.07. The lowest BCUT2D eigenvalue weighted by Crippen LogP contribution is -2.50. The molecule has 5 heteroatoms. The molecule has 2 amide bonds.